The van der Waals surface area contributed by atoms with E-state index in [0.717, 1.165) is 38.3 Å². The van der Waals surface area contributed by atoms with Crippen LogP contribution < -0.4 is 0 Å². The molecule has 0 spiro atoms. The monoisotopic (exact) mass is 402 g/mol. The first-order valence-electron chi connectivity index (χ1n) is 9.83. The van der Waals surface area contributed by atoms with E-state index in [1.54, 1.807) is 21.6 Å². The first-order valence-corrected chi connectivity index (χ1v) is 11.0. The second kappa shape index (κ2) is 8.13. The molecule has 0 aromatic heterocycles. The third-order valence-corrected chi connectivity index (χ3v) is 6.82. The van der Waals surface area contributed by atoms with Crippen molar-refractivity contribution in [2.45, 2.75) is 19.5 Å². The molecule has 8 heteroatoms. The highest BCUT2D eigenvalue weighted by Crippen LogP contribution is 2.26. The van der Waals surface area contributed by atoms with E-state index >= 15 is 0 Å². The molecule has 3 heterocycles. The zero-order chi connectivity index (χ0) is 19.7. The molecule has 0 bridgehead atoms. The fourth-order valence-corrected chi connectivity index (χ4v) is 5.16. The molecule has 0 radical (unpaired) electrons. The normalized spacial score (nSPS) is 23.3. The van der Waals surface area contributed by atoms with E-state index < -0.39 is 0 Å². The highest BCUT2D eigenvalue weighted by atomic mass is 32.2. The van der Waals surface area contributed by atoms with Crippen LogP contribution in [0.1, 0.15) is 22.8 Å². The van der Waals surface area contributed by atoms with Crippen LogP contribution in [0.25, 0.3) is 0 Å². The van der Waals surface area contributed by atoms with Crippen LogP contribution in [0, 0.1) is 0 Å². The number of amides is 3. The van der Waals surface area contributed by atoms with Gasteiger partial charge in [-0.2, -0.15) is 0 Å². The first kappa shape index (κ1) is 19.3. The molecule has 1 aromatic rings. The highest BCUT2D eigenvalue weighted by Gasteiger charge is 2.42. The summed E-state index contributed by atoms with van der Waals surface area (Å²) >= 11 is 1.63. The summed E-state index contributed by atoms with van der Waals surface area (Å²) in [6.45, 7) is 7.06. The van der Waals surface area contributed by atoms with E-state index in [9.17, 15) is 14.4 Å². The minimum atomic E-state index is -0.311. The molecule has 1 atom stereocenters. The summed E-state index contributed by atoms with van der Waals surface area (Å²) < 4.78 is 0. The molecule has 4 rings (SSSR count). The second-order valence-corrected chi connectivity index (χ2v) is 8.50. The summed E-state index contributed by atoms with van der Waals surface area (Å²) in [4.78, 5) is 45.2. The molecule has 3 saturated heterocycles. The Morgan fingerprint density at radius 3 is 2.50 bits per heavy atom. The summed E-state index contributed by atoms with van der Waals surface area (Å²) in [6, 6.07) is 7.13. The summed E-state index contributed by atoms with van der Waals surface area (Å²) in [5, 5.41) is 0. The fraction of sp³-hybridized carbons (Fsp3) is 0.550. The van der Waals surface area contributed by atoms with Gasteiger partial charge in [0.2, 0.25) is 11.8 Å². The molecule has 28 heavy (non-hydrogen) atoms. The zero-order valence-corrected chi connectivity index (χ0v) is 17.0. The number of piperazine rings is 2. The summed E-state index contributed by atoms with van der Waals surface area (Å²) in [5.74, 6) is 1.41. The van der Waals surface area contributed by atoms with Crippen molar-refractivity contribution in [3.63, 3.8) is 0 Å². The number of rotatable bonds is 4. The number of hydrogen-bond acceptors (Lipinski definition) is 5. The van der Waals surface area contributed by atoms with Crippen molar-refractivity contribution in [2.75, 3.05) is 50.9 Å². The Bertz CT molecular complexity index is 761. The molecule has 0 saturated carbocycles. The third-order valence-electron chi connectivity index (χ3n) is 5.81. The molecule has 0 N–H and O–H groups in total. The smallest absolute Gasteiger partial charge is 0.253 e. The van der Waals surface area contributed by atoms with Crippen LogP contribution in [0.5, 0.6) is 0 Å². The highest BCUT2D eigenvalue weighted by molar-refractivity contribution is 7.99. The predicted molar refractivity (Wildman–Crippen MR) is 108 cm³/mol. The van der Waals surface area contributed by atoms with Crippen molar-refractivity contribution in [1.29, 1.82) is 0 Å². The second-order valence-electron chi connectivity index (χ2n) is 7.50. The Morgan fingerprint density at radius 1 is 1.11 bits per heavy atom. The number of likely N-dealkylation sites (N-methyl/N-ethyl adjacent to an activating group) is 1. The number of carbonyl (C=O) groups is 3. The van der Waals surface area contributed by atoms with Crippen LogP contribution in [0.3, 0.4) is 0 Å². The van der Waals surface area contributed by atoms with Gasteiger partial charge in [-0.3, -0.25) is 14.4 Å². The fourth-order valence-electron chi connectivity index (χ4n) is 3.99. The minimum Gasteiger partial charge on any atom is -0.336 e. The standard InChI is InChI=1S/C20H26N4O3S/c1-2-21-7-9-22(10-8-21)19(26)16-5-3-15(4-6-16)11-23-12-18(25)24-14-28-13-17(24)20(23)27/h3-6,17H,2,7-14H2,1H3/t17-/m0/s1. The van der Waals surface area contributed by atoms with E-state index in [1.807, 2.05) is 29.2 Å². The van der Waals surface area contributed by atoms with E-state index in [2.05, 4.69) is 11.8 Å². The Hall–Kier alpha value is -2.06. The lowest BCUT2D eigenvalue weighted by atomic mass is 10.1. The minimum absolute atomic E-state index is 0.0209. The molecule has 0 aliphatic carbocycles. The SMILES string of the molecule is CCN1CCN(C(=O)c2ccc(CN3CC(=O)N4CSC[C@H]4C3=O)cc2)CC1. The third kappa shape index (κ3) is 3.75. The molecule has 0 unspecified atom stereocenters. The quantitative estimate of drug-likeness (QED) is 0.742. The van der Waals surface area contributed by atoms with Gasteiger partial charge in [-0.25, -0.2) is 0 Å². The van der Waals surface area contributed by atoms with Crippen LogP contribution in [0.2, 0.25) is 0 Å². The van der Waals surface area contributed by atoms with Gasteiger partial charge in [-0.15, -0.1) is 11.8 Å². The molecule has 3 aliphatic heterocycles. The number of thioether (sulfide) groups is 1. The van der Waals surface area contributed by atoms with E-state index in [4.69, 9.17) is 0 Å². The Kier molecular flexibility index (Phi) is 5.59. The Labute approximate surface area is 169 Å². The number of hydrogen-bond donors (Lipinski definition) is 0. The topological polar surface area (TPSA) is 64.2 Å². The molecule has 1 aromatic carbocycles. The van der Waals surface area contributed by atoms with Gasteiger partial charge in [-0.05, 0) is 24.2 Å². The van der Waals surface area contributed by atoms with Crippen LogP contribution >= 0.6 is 11.8 Å². The summed E-state index contributed by atoms with van der Waals surface area (Å²) in [7, 11) is 0. The van der Waals surface area contributed by atoms with Crippen molar-refractivity contribution in [3.05, 3.63) is 35.4 Å². The average molecular weight is 403 g/mol. The van der Waals surface area contributed by atoms with Gasteiger partial charge in [0.05, 0.1) is 5.88 Å². The van der Waals surface area contributed by atoms with Gasteiger partial charge in [-0.1, -0.05) is 19.1 Å². The van der Waals surface area contributed by atoms with Crippen LogP contribution in [-0.4, -0.2) is 94.3 Å². The molecular formula is C20H26N4O3S. The predicted octanol–water partition coefficient (Wildman–Crippen LogP) is 0.708. The Balaban J connectivity index is 1.38. The van der Waals surface area contributed by atoms with E-state index in [0.29, 0.717) is 23.7 Å². The lowest BCUT2D eigenvalue weighted by Crippen LogP contribution is -2.57. The van der Waals surface area contributed by atoms with E-state index in [1.165, 1.54) is 0 Å². The number of fused-ring (bicyclic) bond motifs is 1. The number of benzene rings is 1. The molecule has 3 aliphatic rings. The largest absolute Gasteiger partial charge is 0.336 e. The molecule has 150 valence electrons. The maximum Gasteiger partial charge on any atom is 0.253 e. The molecule has 3 fully saturated rings. The van der Waals surface area contributed by atoms with Gasteiger partial charge in [0.15, 0.2) is 0 Å². The van der Waals surface area contributed by atoms with Gasteiger partial charge >= 0.3 is 0 Å². The van der Waals surface area contributed by atoms with Crippen molar-refractivity contribution in [2.24, 2.45) is 0 Å². The zero-order valence-electron chi connectivity index (χ0n) is 16.2. The van der Waals surface area contributed by atoms with Crippen molar-refractivity contribution in [1.82, 2.24) is 19.6 Å². The van der Waals surface area contributed by atoms with Crippen LogP contribution in [-0.2, 0) is 16.1 Å². The van der Waals surface area contributed by atoms with Gasteiger partial charge in [0.25, 0.3) is 5.91 Å². The van der Waals surface area contributed by atoms with Gasteiger partial charge < -0.3 is 19.6 Å². The van der Waals surface area contributed by atoms with Crippen molar-refractivity contribution >= 4 is 29.5 Å². The lowest BCUT2D eigenvalue weighted by molar-refractivity contribution is -0.153. The molecular weight excluding hydrogens is 376 g/mol. The van der Waals surface area contributed by atoms with Gasteiger partial charge in [0.1, 0.15) is 12.6 Å². The van der Waals surface area contributed by atoms with Crippen LogP contribution in [0.15, 0.2) is 24.3 Å². The lowest BCUT2D eigenvalue weighted by Gasteiger charge is -2.36. The van der Waals surface area contributed by atoms with E-state index in [-0.39, 0.29) is 30.3 Å². The van der Waals surface area contributed by atoms with Gasteiger partial charge in [0, 0.05) is 44.0 Å². The number of carbonyl (C=O) groups excluding carboxylic acids is 3. The molecule has 7 nitrogen and oxygen atoms in total. The maximum absolute atomic E-state index is 12.7. The average Bonchev–Trinajstić information content (AvgIpc) is 3.23. The maximum atomic E-state index is 12.7. The Morgan fingerprint density at radius 2 is 1.82 bits per heavy atom. The van der Waals surface area contributed by atoms with Crippen molar-refractivity contribution < 1.29 is 14.4 Å². The summed E-state index contributed by atoms with van der Waals surface area (Å²) in [5.41, 5.74) is 1.61. The molecule has 3 amide bonds. The summed E-state index contributed by atoms with van der Waals surface area (Å²) in [6.07, 6.45) is 0. The first-order chi connectivity index (χ1) is 13.6. The van der Waals surface area contributed by atoms with Crippen molar-refractivity contribution in [3.8, 4) is 0 Å². The number of nitrogens with zero attached hydrogens (tertiary/aromatic N) is 4. The van der Waals surface area contributed by atoms with Crippen LogP contribution in [0.4, 0.5) is 0 Å².